The van der Waals surface area contributed by atoms with Crippen molar-refractivity contribution in [3.05, 3.63) is 24.3 Å². The van der Waals surface area contributed by atoms with Crippen LogP contribution in [0.25, 0.3) is 0 Å². The fourth-order valence-corrected chi connectivity index (χ4v) is 3.63. The van der Waals surface area contributed by atoms with E-state index in [0.717, 1.165) is 25.3 Å². The fraction of sp³-hybridized carbons (Fsp3) is 0.579. The van der Waals surface area contributed by atoms with Crippen LogP contribution in [0.2, 0.25) is 0 Å². The zero-order valence-electron chi connectivity index (χ0n) is 14.9. The van der Waals surface area contributed by atoms with Gasteiger partial charge in [0.15, 0.2) is 0 Å². The Labute approximate surface area is 149 Å². The average molecular weight is 345 g/mol. The van der Waals surface area contributed by atoms with E-state index < -0.39 is 0 Å². The number of nitrogens with zero attached hydrogens (tertiary/aromatic N) is 2. The molecule has 6 nitrogen and oxygen atoms in total. The quantitative estimate of drug-likeness (QED) is 0.852. The van der Waals surface area contributed by atoms with Crippen LogP contribution in [0.5, 0.6) is 5.75 Å². The third-order valence-electron chi connectivity index (χ3n) is 5.05. The Bertz CT molecular complexity index is 614. The summed E-state index contributed by atoms with van der Waals surface area (Å²) in [6, 6.07) is 7.42. The Morgan fingerprint density at radius 3 is 2.76 bits per heavy atom. The van der Waals surface area contributed by atoms with Gasteiger partial charge in [-0.25, -0.2) is 0 Å². The summed E-state index contributed by atoms with van der Waals surface area (Å²) in [5.74, 6) is 0.309. The largest absolute Gasteiger partial charge is 0.495 e. The molecule has 0 spiro atoms. The van der Waals surface area contributed by atoms with Gasteiger partial charge >= 0.3 is 0 Å². The number of hydrogen-bond donors (Lipinski definition) is 1. The first kappa shape index (κ1) is 17.7. The van der Waals surface area contributed by atoms with Crippen molar-refractivity contribution in [3.63, 3.8) is 0 Å². The van der Waals surface area contributed by atoms with Crippen LogP contribution in [-0.4, -0.2) is 56.5 Å². The van der Waals surface area contributed by atoms with Crippen molar-refractivity contribution < 1.29 is 14.3 Å². The maximum atomic E-state index is 12.4. The van der Waals surface area contributed by atoms with Crippen molar-refractivity contribution in [2.24, 2.45) is 5.92 Å². The fourth-order valence-electron chi connectivity index (χ4n) is 3.63. The third-order valence-corrected chi connectivity index (χ3v) is 5.05. The van der Waals surface area contributed by atoms with Gasteiger partial charge in [-0.2, -0.15) is 0 Å². The van der Waals surface area contributed by atoms with E-state index in [1.807, 2.05) is 24.3 Å². The Morgan fingerprint density at radius 2 is 2.00 bits per heavy atom. The number of nitrogens with one attached hydrogen (secondary N) is 1. The summed E-state index contributed by atoms with van der Waals surface area (Å²) in [5.41, 5.74) is 0.735. The Morgan fingerprint density at radius 1 is 1.24 bits per heavy atom. The van der Waals surface area contributed by atoms with Gasteiger partial charge in [0.2, 0.25) is 11.8 Å². The number of piperidine rings is 1. The normalized spacial score (nSPS) is 21.4. The number of methoxy groups -OCH3 is 1. The highest BCUT2D eigenvalue weighted by Crippen LogP contribution is 2.32. The van der Waals surface area contributed by atoms with Crippen LogP contribution >= 0.6 is 0 Å². The molecule has 0 unspecified atom stereocenters. The number of benzene rings is 1. The minimum atomic E-state index is -0.293. The van der Waals surface area contributed by atoms with E-state index in [9.17, 15) is 9.59 Å². The zero-order valence-corrected chi connectivity index (χ0v) is 14.9. The van der Waals surface area contributed by atoms with E-state index in [2.05, 4.69) is 10.2 Å². The minimum Gasteiger partial charge on any atom is -0.495 e. The number of likely N-dealkylation sites (tertiary alicyclic amines) is 1. The lowest BCUT2D eigenvalue weighted by atomic mass is 10.1. The van der Waals surface area contributed by atoms with E-state index in [0.29, 0.717) is 18.8 Å². The highest BCUT2D eigenvalue weighted by atomic mass is 16.5. The summed E-state index contributed by atoms with van der Waals surface area (Å²) in [4.78, 5) is 28.8. The third kappa shape index (κ3) is 4.31. The predicted octanol–water partition coefficient (Wildman–Crippen LogP) is 1.65. The van der Waals surface area contributed by atoms with Gasteiger partial charge in [-0.1, -0.05) is 18.6 Å². The van der Waals surface area contributed by atoms with Crippen LogP contribution in [0.4, 0.5) is 5.69 Å². The summed E-state index contributed by atoms with van der Waals surface area (Å²) in [6.45, 7) is 4.20. The predicted molar refractivity (Wildman–Crippen MR) is 96.8 cm³/mol. The minimum absolute atomic E-state index is 0.0252. The van der Waals surface area contributed by atoms with Crippen molar-refractivity contribution in [3.8, 4) is 5.75 Å². The van der Waals surface area contributed by atoms with Crippen LogP contribution in [0, 0.1) is 5.92 Å². The van der Waals surface area contributed by atoms with E-state index in [-0.39, 0.29) is 24.2 Å². The summed E-state index contributed by atoms with van der Waals surface area (Å²) < 4.78 is 5.33. The molecule has 25 heavy (non-hydrogen) atoms. The molecule has 2 aliphatic heterocycles. The Hall–Kier alpha value is -2.08. The molecule has 1 aromatic rings. The number of ether oxygens (including phenoxy) is 1. The molecule has 1 N–H and O–H groups in total. The average Bonchev–Trinajstić information content (AvgIpc) is 3.04. The molecule has 6 heteroatoms. The van der Waals surface area contributed by atoms with Crippen molar-refractivity contribution in [2.45, 2.75) is 25.7 Å². The summed E-state index contributed by atoms with van der Waals surface area (Å²) >= 11 is 0. The molecule has 1 aromatic carbocycles. The van der Waals surface area contributed by atoms with Crippen molar-refractivity contribution in [2.75, 3.05) is 44.7 Å². The maximum absolute atomic E-state index is 12.4. The van der Waals surface area contributed by atoms with Crippen molar-refractivity contribution in [1.29, 1.82) is 0 Å². The molecule has 3 rings (SSSR count). The first-order valence-corrected chi connectivity index (χ1v) is 9.12. The lowest BCUT2D eigenvalue weighted by Crippen LogP contribution is -2.40. The molecule has 2 aliphatic rings. The molecular weight excluding hydrogens is 318 g/mol. The summed E-state index contributed by atoms with van der Waals surface area (Å²) in [6.07, 6.45) is 4.07. The monoisotopic (exact) mass is 345 g/mol. The van der Waals surface area contributed by atoms with Crippen molar-refractivity contribution in [1.82, 2.24) is 10.2 Å². The van der Waals surface area contributed by atoms with Crippen LogP contribution in [0.3, 0.4) is 0 Å². The molecule has 0 radical (unpaired) electrons. The highest BCUT2D eigenvalue weighted by Gasteiger charge is 2.36. The van der Waals surface area contributed by atoms with Gasteiger partial charge in [0.1, 0.15) is 5.75 Å². The van der Waals surface area contributed by atoms with Gasteiger partial charge in [0, 0.05) is 26.1 Å². The SMILES string of the molecule is COc1ccccc1N1C[C@@H](C(=O)NCCN2CCCCC2)CC1=O. The number of rotatable bonds is 6. The van der Waals surface area contributed by atoms with Gasteiger partial charge in [-0.05, 0) is 38.1 Å². The summed E-state index contributed by atoms with van der Waals surface area (Å²) in [7, 11) is 1.59. The molecule has 0 aromatic heterocycles. The Kier molecular flexibility index (Phi) is 5.91. The molecule has 2 saturated heterocycles. The number of para-hydroxylation sites is 2. The molecule has 2 amide bonds. The maximum Gasteiger partial charge on any atom is 0.227 e. The van der Waals surface area contributed by atoms with Gasteiger partial charge in [0.25, 0.3) is 0 Å². The zero-order chi connectivity index (χ0) is 17.6. The summed E-state index contributed by atoms with van der Waals surface area (Å²) in [5, 5.41) is 3.00. The van der Waals surface area contributed by atoms with Gasteiger partial charge in [0.05, 0.1) is 18.7 Å². The molecular formula is C19H27N3O3. The number of carbonyl (C=O) groups excluding carboxylic acids is 2. The first-order valence-electron chi connectivity index (χ1n) is 9.12. The molecule has 0 bridgehead atoms. The molecule has 0 saturated carbocycles. The van der Waals surface area contributed by atoms with Crippen molar-refractivity contribution >= 4 is 17.5 Å². The standard InChI is InChI=1S/C19H27N3O3/c1-25-17-8-4-3-7-16(17)22-14-15(13-18(22)23)19(24)20-9-12-21-10-5-2-6-11-21/h3-4,7-8,15H,2,5-6,9-14H2,1H3,(H,20,24)/t15-/m0/s1. The van der Waals surface area contributed by atoms with Gasteiger partial charge < -0.3 is 19.9 Å². The number of anilines is 1. The second-order valence-corrected chi connectivity index (χ2v) is 6.77. The van der Waals surface area contributed by atoms with Gasteiger partial charge in [-0.15, -0.1) is 0 Å². The van der Waals surface area contributed by atoms with E-state index in [4.69, 9.17) is 4.74 Å². The second-order valence-electron chi connectivity index (χ2n) is 6.77. The highest BCUT2D eigenvalue weighted by molar-refractivity contribution is 6.01. The molecule has 1 atom stereocenters. The number of hydrogen-bond acceptors (Lipinski definition) is 4. The lowest BCUT2D eigenvalue weighted by molar-refractivity contribution is -0.126. The topological polar surface area (TPSA) is 61.9 Å². The molecule has 0 aliphatic carbocycles. The molecule has 136 valence electrons. The van der Waals surface area contributed by atoms with Crippen LogP contribution in [-0.2, 0) is 9.59 Å². The second kappa shape index (κ2) is 8.34. The number of amides is 2. The molecule has 2 fully saturated rings. The van der Waals surface area contributed by atoms with E-state index in [1.54, 1.807) is 12.0 Å². The molecule has 2 heterocycles. The first-order chi connectivity index (χ1) is 12.2. The van der Waals surface area contributed by atoms with Crippen LogP contribution in [0.15, 0.2) is 24.3 Å². The number of carbonyl (C=O) groups is 2. The van der Waals surface area contributed by atoms with E-state index >= 15 is 0 Å². The van der Waals surface area contributed by atoms with Crippen LogP contribution < -0.4 is 15.0 Å². The van der Waals surface area contributed by atoms with Gasteiger partial charge in [-0.3, -0.25) is 9.59 Å². The van der Waals surface area contributed by atoms with E-state index in [1.165, 1.54) is 19.3 Å². The smallest absolute Gasteiger partial charge is 0.227 e. The Balaban J connectivity index is 1.52. The lowest BCUT2D eigenvalue weighted by Gasteiger charge is -2.26. The van der Waals surface area contributed by atoms with Crippen LogP contribution in [0.1, 0.15) is 25.7 Å².